The molecule has 1 atom stereocenters. The Morgan fingerprint density at radius 1 is 1.18 bits per heavy atom. The molecule has 1 aliphatic heterocycles. The Bertz CT molecular complexity index is 729. The van der Waals surface area contributed by atoms with Gasteiger partial charge in [0.05, 0.1) is 19.3 Å². The predicted molar refractivity (Wildman–Crippen MR) is 116 cm³/mol. The summed E-state index contributed by atoms with van der Waals surface area (Å²) >= 11 is 1.76. The molecular formula is C23H32N2O2S. The van der Waals surface area contributed by atoms with E-state index in [4.69, 9.17) is 4.74 Å². The zero-order chi connectivity index (χ0) is 20.0. The number of ether oxygens (including phenoxy) is 1. The second-order valence-electron chi connectivity index (χ2n) is 8.43. The monoisotopic (exact) mass is 400 g/mol. The molecule has 0 aliphatic carbocycles. The number of nitrogens with one attached hydrogen (secondary N) is 1. The van der Waals surface area contributed by atoms with Gasteiger partial charge in [-0.1, -0.05) is 51.1 Å². The smallest absolute Gasteiger partial charge is 0.220 e. The number of hydrogen-bond acceptors (Lipinski definition) is 4. The maximum absolute atomic E-state index is 12.4. The van der Waals surface area contributed by atoms with Gasteiger partial charge in [0, 0.05) is 30.9 Å². The van der Waals surface area contributed by atoms with E-state index >= 15 is 0 Å². The zero-order valence-electron chi connectivity index (χ0n) is 17.2. The third kappa shape index (κ3) is 5.90. The minimum atomic E-state index is 0.120. The van der Waals surface area contributed by atoms with Gasteiger partial charge in [-0.15, -0.1) is 11.3 Å². The van der Waals surface area contributed by atoms with Crippen molar-refractivity contribution in [2.24, 2.45) is 0 Å². The molecule has 1 fully saturated rings. The highest BCUT2D eigenvalue weighted by atomic mass is 32.1. The number of aryl methyl sites for hydroxylation is 1. The molecule has 1 amide bonds. The first-order valence-electron chi connectivity index (χ1n) is 10.1. The third-order valence-corrected chi connectivity index (χ3v) is 6.28. The topological polar surface area (TPSA) is 41.6 Å². The van der Waals surface area contributed by atoms with Gasteiger partial charge in [0.15, 0.2) is 0 Å². The van der Waals surface area contributed by atoms with Crippen LogP contribution in [0.3, 0.4) is 0 Å². The summed E-state index contributed by atoms with van der Waals surface area (Å²) in [6.07, 6.45) is 1.30. The first kappa shape index (κ1) is 21.0. The van der Waals surface area contributed by atoms with Crippen LogP contribution in [0.15, 0.2) is 41.8 Å². The average Bonchev–Trinajstić information content (AvgIpc) is 3.21. The molecule has 0 bridgehead atoms. The van der Waals surface area contributed by atoms with E-state index in [9.17, 15) is 4.79 Å². The van der Waals surface area contributed by atoms with Crippen molar-refractivity contribution < 1.29 is 9.53 Å². The van der Waals surface area contributed by atoms with E-state index in [-0.39, 0.29) is 17.4 Å². The van der Waals surface area contributed by atoms with Crippen LogP contribution in [-0.2, 0) is 21.4 Å². The maximum Gasteiger partial charge on any atom is 0.220 e. The van der Waals surface area contributed by atoms with Gasteiger partial charge in [-0.2, -0.15) is 0 Å². The van der Waals surface area contributed by atoms with Crippen molar-refractivity contribution in [1.29, 1.82) is 0 Å². The lowest BCUT2D eigenvalue weighted by Crippen LogP contribution is -2.43. The molecular weight excluding hydrogens is 368 g/mol. The molecule has 0 spiro atoms. The van der Waals surface area contributed by atoms with Gasteiger partial charge in [0.1, 0.15) is 0 Å². The van der Waals surface area contributed by atoms with Crippen molar-refractivity contribution in [3.05, 3.63) is 57.8 Å². The van der Waals surface area contributed by atoms with Crippen molar-refractivity contribution in [3.63, 3.8) is 0 Å². The molecule has 1 aromatic heterocycles. The van der Waals surface area contributed by atoms with Gasteiger partial charge in [0.25, 0.3) is 0 Å². The predicted octanol–water partition coefficient (Wildman–Crippen LogP) is 4.17. The highest BCUT2D eigenvalue weighted by Gasteiger charge is 2.23. The van der Waals surface area contributed by atoms with Gasteiger partial charge >= 0.3 is 0 Å². The van der Waals surface area contributed by atoms with E-state index in [1.165, 1.54) is 16.0 Å². The van der Waals surface area contributed by atoms with E-state index in [1.54, 1.807) is 11.3 Å². The second kappa shape index (κ2) is 9.68. The summed E-state index contributed by atoms with van der Waals surface area (Å²) in [4.78, 5) is 16.2. The fraction of sp³-hybridized carbons (Fsp3) is 0.522. The molecule has 3 rings (SSSR count). The molecule has 4 nitrogen and oxygen atoms in total. The van der Waals surface area contributed by atoms with E-state index in [1.807, 2.05) is 0 Å². The minimum Gasteiger partial charge on any atom is -0.379 e. The molecule has 0 radical (unpaired) electrons. The molecule has 152 valence electrons. The Kier molecular flexibility index (Phi) is 7.27. The second-order valence-corrected chi connectivity index (χ2v) is 9.41. The first-order valence-corrected chi connectivity index (χ1v) is 11.0. The summed E-state index contributed by atoms with van der Waals surface area (Å²) in [5.74, 6) is 0.120. The number of hydrogen-bond donors (Lipinski definition) is 1. The summed E-state index contributed by atoms with van der Waals surface area (Å²) < 4.78 is 5.48. The van der Waals surface area contributed by atoms with Gasteiger partial charge in [-0.25, -0.2) is 0 Å². The summed E-state index contributed by atoms with van der Waals surface area (Å²) in [5.41, 5.74) is 2.70. The Balaban J connectivity index is 1.50. The van der Waals surface area contributed by atoms with Crippen molar-refractivity contribution in [2.75, 3.05) is 32.8 Å². The standard InChI is InChI=1S/C23H32N2O2S/c1-23(2,3)19-9-6-18(7-10-19)8-11-22(26)24-17-20(21-5-4-16-28-21)25-12-14-27-15-13-25/h4-7,9-10,16,20H,8,11-15,17H2,1-3H3,(H,24,26). The first-order chi connectivity index (χ1) is 13.4. The fourth-order valence-electron chi connectivity index (χ4n) is 3.51. The van der Waals surface area contributed by atoms with Crippen LogP contribution in [0.1, 0.15) is 49.2 Å². The third-order valence-electron chi connectivity index (χ3n) is 5.31. The summed E-state index contributed by atoms with van der Waals surface area (Å²) in [7, 11) is 0. The number of thiophene rings is 1. The summed E-state index contributed by atoms with van der Waals surface area (Å²) in [5, 5.41) is 5.26. The Hall–Kier alpha value is -1.69. The highest BCUT2D eigenvalue weighted by Crippen LogP contribution is 2.25. The van der Waals surface area contributed by atoms with Crippen LogP contribution in [0.2, 0.25) is 0 Å². The molecule has 1 N–H and O–H groups in total. The van der Waals surface area contributed by atoms with Crippen LogP contribution in [0.25, 0.3) is 0 Å². The largest absolute Gasteiger partial charge is 0.379 e. The van der Waals surface area contributed by atoms with Crippen LogP contribution in [0.4, 0.5) is 0 Å². The van der Waals surface area contributed by atoms with Gasteiger partial charge in [-0.05, 0) is 34.4 Å². The molecule has 2 heterocycles. The van der Waals surface area contributed by atoms with Crippen LogP contribution >= 0.6 is 11.3 Å². The van der Waals surface area contributed by atoms with Crippen LogP contribution in [-0.4, -0.2) is 43.7 Å². The molecule has 2 aromatic rings. The lowest BCUT2D eigenvalue weighted by atomic mass is 9.86. The Morgan fingerprint density at radius 2 is 1.89 bits per heavy atom. The lowest BCUT2D eigenvalue weighted by molar-refractivity contribution is -0.121. The number of morpholine rings is 1. The molecule has 1 aromatic carbocycles. The number of rotatable bonds is 7. The molecule has 1 saturated heterocycles. The number of amides is 1. The number of nitrogens with zero attached hydrogens (tertiary/aromatic N) is 1. The van der Waals surface area contributed by atoms with E-state index in [2.05, 4.69) is 72.8 Å². The quantitative estimate of drug-likeness (QED) is 0.758. The van der Waals surface area contributed by atoms with E-state index < -0.39 is 0 Å². The minimum absolute atomic E-state index is 0.120. The lowest BCUT2D eigenvalue weighted by Gasteiger charge is -2.34. The van der Waals surface area contributed by atoms with Crippen molar-refractivity contribution in [3.8, 4) is 0 Å². The SMILES string of the molecule is CC(C)(C)c1ccc(CCC(=O)NCC(c2cccs2)N2CCOCC2)cc1. The molecule has 5 heteroatoms. The van der Waals surface area contributed by atoms with Gasteiger partial charge in [-0.3, -0.25) is 9.69 Å². The van der Waals surface area contributed by atoms with Gasteiger partial charge < -0.3 is 10.1 Å². The number of benzene rings is 1. The summed E-state index contributed by atoms with van der Waals surface area (Å²) in [6, 6.07) is 13.1. The van der Waals surface area contributed by atoms with Crippen molar-refractivity contribution in [2.45, 2.75) is 45.1 Å². The summed E-state index contributed by atoms with van der Waals surface area (Å²) in [6.45, 7) is 10.7. The average molecular weight is 401 g/mol. The maximum atomic E-state index is 12.4. The van der Waals surface area contributed by atoms with Crippen LogP contribution in [0, 0.1) is 0 Å². The van der Waals surface area contributed by atoms with Crippen molar-refractivity contribution in [1.82, 2.24) is 10.2 Å². The highest BCUT2D eigenvalue weighted by molar-refractivity contribution is 7.10. The Labute approximate surface area is 172 Å². The molecule has 1 unspecified atom stereocenters. The van der Waals surface area contributed by atoms with Crippen LogP contribution in [0.5, 0.6) is 0 Å². The normalized spacial score (nSPS) is 16.7. The number of carbonyl (C=O) groups excluding carboxylic acids is 1. The molecule has 0 saturated carbocycles. The van der Waals surface area contributed by atoms with E-state index in [0.717, 1.165) is 32.7 Å². The van der Waals surface area contributed by atoms with E-state index in [0.29, 0.717) is 13.0 Å². The van der Waals surface area contributed by atoms with Crippen LogP contribution < -0.4 is 5.32 Å². The Morgan fingerprint density at radius 3 is 2.50 bits per heavy atom. The van der Waals surface area contributed by atoms with Gasteiger partial charge in [0.2, 0.25) is 5.91 Å². The fourth-order valence-corrected chi connectivity index (χ4v) is 4.37. The number of carbonyl (C=O) groups is 1. The molecule has 1 aliphatic rings. The molecule has 28 heavy (non-hydrogen) atoms. The zero-order valence-corrected chi connectivity index (χ0v) is 18.1. The van der Waals surface area contributed by atoms with Crippen molar-refractivity contribution >= 4 is 17.2 Å².